The highest BCUT2D eigenvalue weighted by atomic mass is 16.5. The van der Waals surface area contributed by atoms with E-state index in [0.29, 0.717) is 18.4 Å². The van der Waals surface area contributed by atoms with Crippen LogP contribution in [0.3, 0.4) is 0 Å². The van der Waals surface area contributed by atoms with Crippen LogP contribution in [0.2, 0.25) is 0 Å². The number of hydrogen-bond acceptors (Lipinski definition) is 4. The first-order valence-corrected chi connectivity index (χ1v) is 7.49. The quantitative estimate of drug-likeness (QED) is 0.866. The molecule has 1 saturated heterocycles. The topological polar surface area (TPSA) is 53.0 Å². The summed E-state index contributed by atoms with van der Waals surface area (Å²) in [5, 5.41) is 9.10. The van der Waals surface area contributed by atoms with Gasteiger partial charge in [-0.1, -0.05) is 12.1 Å². The van der Waals surface area contributed by atoms with E-state index in [9.17, 15) is 4.79 Å². The molecule has 0 aromatic heterocycles. The van der Waals surface area contributed by atoms with E-state index < -0.39 is 5.97 Å². The van der Waals surface area contributed by atoms with Gasteiger partial charge in [-0.05, 0) is 26.0 Å². The maximum Gasteiger partial charge on any atom is 0.339 e. The Morgan fingerprint density at radius 3 is 2.52 bits per heavy atom. The first-order valence-electron chi connectivity index (χ1n) is 7.49. The molecule has 0 aliphatic carbocycles. The molecule has 1 aromatic rings. The van der Waals surface area contributed by atoms with Crippen LogP contribution in [-0.4, -0.2) is 66.2 Å². The van der Waals surface area contributed by atoms with Crippen molar-refractivity contribution >= 4 is 5.97 Å². The van der Waals surface area contributed by atoms with Gasteiger partial charge < -0.3 is 9.84 Å². The number of rotatable bonds is 6. The minimum Gasteiger partial charge on any atom is -0.491 e. The number of benzene rings is 1. The van der Waals surface area contributed by atoms with Crippen LogP contribution in [0.15, 0.2) is 24.3 Å². The Kier molecular flexibility index (Phi) is 5.59. The summed E-state index contributed by atoms with van der Waals surface area (Å²) in [5.41, 5.74) is 0.224. The fourth-order valence-electron chi connectivity index (χ4n) is 2.56. The average molecular weight is 292 g/mol. The molecule has 0 saturated carbocycles. The summed E-state index contributed by atoms with van der Waals surface area (Å²) in [6.07, 6.45) is 0. The molecule has 5 nitrogen and oxygen atoms in total. The molecule has 1 aromatic carbocycles. The van der Waals surface area contributed by atoms with Crippen LogP contribution in [0.1, 0.15) is 24.2 Å². The zero-order valence-electron chi connectivity index (χ0n) is 12.8. The zero-order valence-corrected chi connectivity index (χ0v) is 12.8. The maximum atomic E-state index is 11.1. The molecule has 0 atom stereocenters. The van der Waals surface area contributed by atoms with E-state index in [1.807, 2.05) is 0 Å². The van der Waals surface area contributed by atoms with Crippen LogP contribution in [0.25, 0.3) is 0 Å². The lowest BCUT2D eigenvalue weighted by atomic mass is 10.2. The normalized spacial score (nSPS) is 17.1. The number of carboxylic acid groups (broad SMARTS) is 1. The van der Waals surface area contributed by atoms with E-state index in [-0.39, 0.29) is 5.56 Å². The molecule has 0 radical (unpaired) electrons. The van der Waals surface area contributed by atoms with E-state index in [0.717, 1.165) is 32.7 Å². The molecular weight excluding hydrogens is 268 g/mol. The Labute approximate surface area is 126 Å². The highest BCUT2D eigenvalue weighted by Crippen LogP contribution is 2.17. The third-order valence-electron chi connectivity index (χ3n) is 3.92. The monoisotopic (exact) mass is 292 g/mol. The average Bonchev–Trinajstić information content (AvgIpc) is 2.48. The SMILES string of the molecule is CC(C)N1CCN(CCOc2ccccc2C(=O)O)CC1. The number of carboxylic acids is 1. The van der Waals surface area contributed by atoms with Crippen molar-refractivity contribution < 1.29 is 14.6 Å². The summed E-state index contributed by atoms with van der Waals surface area (Å²) in [7, 11) is 0. The molecule has 0 spiro atoms. The van der Waals surface area contributed by atoms with Gasteiger partial charge in [0.05, 0.1) is 0 Å². The molecule has 5 heteroatoms. The van der Waals surface area contributed by atoms with Crippen molar-refractivity contribution in [1.29, 1.82) is 0 Å². The number of nitrogens with zero attached hydrogens (tertiary/aromatic N) is 2. The Bertz CT molecular complexity index is 468. The summed E-state index contributed by atoms with van der Waals surface area (Å²) in [4.78, 5) is 15.9. The standard InChI is InChI=1S/C16H24N2O3/c1-13(2)18-9-7-17(8-10-18)11-12-21-15-6-4-3-5-14(15)16(19)20/h3-6,13H,7-12H2,1-2H3,(H,19,20). The van der Waals surface area contributed by atoms with Gasteiger partial charge in [0, 0.05) is 38.8 Å². The van der Waals surface area contributed by atoms with Gasteiger partial charge in [-0.3, -0.25) is 9.80 Å². The predicted octanol–water partition coefficient (Wildman–Crippen LogP) is 1.79. The fourth-order valence-corrected chi connectivity index (χ4v) is 2.56. The number of carbonyl (C=O) groups is 1. The van der Waals surface area contributed by atoms with E-state index in [1.54, 1.807) is 24.3 Å². The Balaban J connectivity index is 1.77. The van der Waals surface area contributed by atoms with Gasteiger partial charge >= 0.3 is 5.97 Å². The highest BCUT2D eigenvalue weighted by Gasteiger charge is 2.18. The second-order valence-corrected chi connectivity index (χ2v) is 5.62. The van der Waals surface area contributed by atoms with E-state index >= 15 is 0 Å². The largest absolute Gasteiger partial charge is 0.491 e. The number of para-hydroxylation sites is 1. The zero-order chi connectivity index (χ0) is 15.2. The van der Waals surface area contributed by atoms with E-state index in [4.69, 9.17) is 9.84 Å². The van der Waals surface area contributed by atoms with Crippen LogP contribution in [0.4, 0.5) is 0 Å². The number of piperazine rings is 1. The second kappa shape index (κ2) is 7.43. The molecule has 1 fully saturated rings. The molecule has 1 aliphatic rings. The maximum absolute atomic E-state index is 11.1. The van der Waals surface area contributed by atoms with Gasteiger partial charge in [0.25, 0.3) is 0 Å². The lowest BCUT2D eigenvalue weighted by molar-refractivity contribution is 0.0689. The van der Waals surface area contributed by atoms with Crippen molar-refractivity contribution in [3.05, 3.63) is 29.8 Å². The molecule has 1 heterocycles. The van der Waals surface area contributed by atoms with E-state index in [2.05, 4.69) is 23.6 Å². The van der Waals surface area contributed by atoms with Crippen LogP contribution < -0.4 is 4.74 Å². The van der Waals surface area contributed by atoms with Crippen molar-refractivity contribution in [1.82, 2.24) is 9.80 Å². The third-order valence-corrected chi connectivity index (χ3v) is 3.92. The predicted molar refractivity (Wildman–Crippen MR) is 82.0 cm³/mol. The molecule has 21 heavy (non-hydrogen) atoms. The van der Waals surface area contributed by atoms with Crippen LogP contribution in [-0.2, 0) is 0 Å². The molecule has 0 bridgehead atoms. The number of hydrogen-bond donors (Lipinski definition) is 1. The Morgan fingerprint density at radius 2 is 1.90 bits per heavy atom. The van der Waals surface area contributed by atoms with Crippen molar-refractivity contribution in [3.63, 3.8) is 0 Å². The minimum atomic E-state index is -0.948. The summed E-state index contributed by atoms with van der Waals surface area (Å²) in [6.45, 7) is 10.1. The summed E-state index contributed by atoms with van der Waals surface area (Å²) >= 11 is 0. The lowest BCUT2D eigenvalue weighted by Gasteiger charge is -2.36. The van der Waals surface area contributed by atoms with Crippen molar-refractivity contribution in [3.8, 4) is 5.75 Å². The fraction of sp³-hybridized carbons (Fsp3) is 0.562. The number of ether oxygens (including phenoxy) is 1. The summed E-state index contributed by atoms with van der Waals surface area (Å²) in [6, 6.07) is 7.38. The lowest BCUT2D eigenvalue weighted by Crippen LogP contribution is -2.49. The van der Waals surface area contributed by atoms with Gasteiger partial charge in [-0.2, -0.15) is 0 Å². The van der Waals surface area contributed by atoms with Crippen LogP contribution in [0.5, 0.6) is 5.75 Å². The van der Waals surface area contributed by atoms with Crippen LogP contribution in [0, 0.1) is 0 Å². The highest BCUT2D eigenvalue weighted by molar-refractivity contribution is 5.90. The van der Waals surface area contributed by atoms with Crippen molar-refractivity contribution in [2.75, 3.05) is 39.3 Å². The van der Waals surface area contributed by atoms with Gasteiger partial charge in [0.2, 0.25) is 0 Å². The van der Waals surface area contributed by atoms with Crippen molar-refractivity contribution in [2.45, 2.75) is 19.9 Å². The first kappa shape index (κ1) is 15.8. The van der Waals surface area contributed by atoms with Crippen LogP contribution >= 0.6 is 0 Å². The third kappa shape index (κ3) is 4.44. The Hall–Kier alpha value is -1.59. The van der Waals surface area contributed by atoms with Gasteiger partial charge in [0.15, 0.2) is 0 Å². The minimum absolute atomic E-state index is 0.224. The van der Waals surface area contributed by atoms with E-state index in [1.165, 1.54) is 0 Å². The molecule has 1 aliphatic heterocycles. The smallest absolute Gasteiger partial charge is 0.339 e. The van der Waals surface area contributed by atoms with Gasteiger partial charge in [-0.25, -0.2) is 4.79 Å². The molecule has 116 valence electrons. The second-order valence-electron chi connectivity index (χ2n) is 5.62. The first-order chi connectivity index (χ1) is 10.1. The van der Waals surface area contributed by atoms with Gasteiger partial charge in [0.1, 0.15) is 17.9 Å². The molecule has 2 rings (SSSR count). The molecule has 1 N–H and O–H groups in total. The van der Waals surface area contributed by atoms with Crippen molar-refractivity contribution in [2.24, 2.45) is 0 Å². The molecular formula is C16H24N2O3. The molecule has 0 unspecified atom stereocenters. The summed E-state index contributed by atoms with van der Waals surface area (Å²) < 4.78 is 5.64. The van der Waals surface area contributed by atoms with Gasteiger partial charge in [-0.15, -0.1) is 0 Å². The number of aromatic carboxylic acids is 1. The Morgan fingerprint density at radius 1 is 1.24 bits per heavy atom. The molecule has 0 amide bonds. The summed E-state index contributed by atoms with van der Waals surface area (Å²) in [5.74, 6) is -0.498.